The van der Waals surface area contributed by atoms with Gasteiger partial charge in [-0.3, -0.25) is 0 Å². The van der Waals surface area contributed by atoms with Gasteiger partial charge in [0.25, 0.3) is 0 Å². The number of ether oxygens (including phenoxy) is 4. The standard InChI is InChI=1S/C17H18ClNO3.C17H21N3O3/c1-17(2,3)22-16(20)14-13(9-10-19-15(14)18)21-11-12-7-5-4-6-8-12;1-17(2,3)23-16(21)14-13(9-10-19-15(14)20-18)22-11-12-7-5-4-6-8-12/h4-10H,11H2,1-3H3;4-10H,11,18H2,1-3H3,(H,19,20). The number of hydrazine groups is 1. The number of hydrogen-bond donors (Lipinski definition) is 2. The minimum atomic E-state index is -0.629. The van der Waals surface area contributed by atoms with E-state index >= 15 is 0 Å². The number of pyridine rings is 2. The fourth-order valence-corrected chi connectivity index (χ4v) is 3.95. The van der Waals surface area contributed by atoms with E-state index in [9.17, 15) is 9.59 Å². The molecule has 0 bridgehead atoms. The first kappa shape index (κ1) is 34.8. The first-order chi connectivity index (χ1) is 21.3. The number of carbonyl (C=O) groups is 2. The molecule has 0 aliphatic carbocycles. The van der Waals surface area contributed by atoms with Crippen LogP contribution in [0.1, 0.15) is 73.4 Å². The molecule has 45 heavy (non-hydrogen) atoms. The van der Waals surface area contributed by atoms with Crippen LogP contribution in [0.3, 0.4) is 0 Å². The van der Waals surface area contributed by atoms with Gasteiger partial charge in [-0.15, -0.1) is 0 Å². The van der Waals surface area contributed by atoms with Crippen LogP contribution >= 0.6 is 11.6 Å². The number of hydrogen-bond acceptors (Lipinski definition) is 10. The predicted octanol–water partition coefficient (Wildman–Crippen LogP) is 7.17. The second-order valence-electron chi connectivity index (χ2n) is 11.7. The summed E-state index contributed by atoms with van der Waals surface area (Å²) in [5.41, 5.74) is 3.47. The third-order valence-corrected chi connectivity index (χ3v) is 5.88. The predicted molar refractivity (Wildman–Crippen MR) is 173 cm³/mol. The summed E-state index contributed by atoms with van der Waals surface area (Å²) in [6.07, 6.45) is 3.01. The van der Waals surface area contributed by atoms with Gasteiger partial charge in [0, 0.05) is 12.4 Å². The molecule has 11 heteroatoms. The quantitative estimate of drug-likeness (QED) is 0.0844. The van der Waals surface area contributed by atoms with E-state index in [4.69, 9.17) is 36.4 Å². The number of anilines is 1. The van der Waals surface area contributed by atoms with Crippen molar-refractivity contribution in [3.8, 4) is 11.5 Å². The fraction of sp³-hybridized carbons (Fsp3) is 0.294. The third-order valence-electron chi connectivity index (χ3n) is 5.60. The molecule has 0 aliphatic heterocycles. The first-order valence-electron chi connectivity index (χ1n) is 14.2. The van der Waals surface area contributed by atoms with Gasteiger partial charge in [-0.05, 0) is 64.8 Å². The van der Waals surface area contributed by atoms with E-state index < -0.39 is 23.1 Å². The highest BCUT2D eigenvalue weighted by molar-refractivity contribution is 6.32. The molecule has 0 unspecified atom stereocenters. The molecule has 2 aromatic heterocycles. The van der Waals surface area contributed by atoms with Crippen molar-refractivity contribution in [2.75, 3.05) is 5.43 Å². The van der Waals surface area contributed by atoms with Crippen LogP contribution in [0.5, 0.6) is 11.5 Å². The second-order valence-corrected chi connectivity index (χ2v) is 12.1. The van der Waals surface area contributed by atoms with E-state index in [1.807, 2.05) is 60.7 Å². The Bertz CT molecular complexity index is 1550. The van der Waals surface area contributed by atoms with Crippen molar-refractivity contribution < 1.29 is 28.5 Å². The smallest absolute Gasteiger partial charge is 0.346 e. The van der Waals surface area contributed by atoms with Gasteiger partial charge in [0.1, 0.15) is 52.2 Å². The maximum absolute atomic E-state index is 12.4. The van der Waals surface area contributed by atoms with Crippen molar-refractivity contribution >= 4 is 29.4 Å². The topological polar surface area (TPSA) is 135 Å². The third kappa shape index (κ3) is 11.4. The molecule has 238 valence electrons. The molecular formula is C34H39ClN4O6. The van der Waals surface area contributed by atoms with E-state index in [0.29, 0.717) is 24.7 Å². The number of nitrogens with zero attached hydrogens (tertiary/aromatic N) is 2. The maximum atomic E-state index is 12.4. The number of nitrogen functional groups attached to an aromatic ring is 1. The Morgan fingerprint density at radius 3 is 1.56 bits per heavy atom. The van der Waals surface area contributed by atoms with Crippen LogP contribution in [0.2, 0.25) is 5.15 Å². The van der Waals surface area contributed by atoms with Gasteiger partial charge in [0.15, 0.2) is 5.82 Å². The zero-order valence-corrected chi connectivity index (χ0v) is 27.1. The lowest BCUT2D eigenvalue weighted by Crippen LogP contribution is -2.26. The van der Waals surface area contributed by atoms with Crippen molar-refractivity contribution in [2.45, 2.75) is 66.0 Å². The molecule has 2 heterocycles. The molecule has 4 aromatic rings. The van der Waals surface area contributed by atoms with Gasteiger partial charge < -0.3 is 24.4 Å². The Morgan fingerprint density at radius 1 is 0.689 bits per heavy atom. The maximum Gasteiger partial charge on any atom is 0.346 e. The molecular weight excluding hydrogens is 596 g/mol. The van der Waals surface area contributed by atoms with E-state index in [0.717, 1.165) is 11.1 Å². The van der Waals surface area contributed by atoms with Crippen molar-refractivity contribution in [2.24, 2.45) is 5.84 Å². The Balaban J connectivity index is 0.000000246. The fourth-order valence-electron chi connectivity index (χ4n) is 3.72. The molecule has 10 nitrogen and oxygen atoms in total. The molecule has 0 amide bonds. The molecule has 0 fully saturated rings. The number of nitrogens with two attached hydrogens (primary N) is 1. The van der Waals surface area contributed by atoms with Crippen molar-refractivity contribution in [3.63, 3.8) is 0 Å². The Kier molecular flexibility index (Phi) is 12.3. The monoisotopic (exact) mass is 634 g/mol. The number of carbonyl (C=O) groups excluding carboxylic acids is 2. The molecule has 0 radical (unpaired) electrons. The van der Waals surface area contributed by atoms with Gasteiger partial charge in [-0.1, -0.05) is 72.3 Å². The molecule has 4 rings (SSSR count). The molecule has 0 atom stereocenters. The van der Waals surface area contributed by atoms with E-state index in [-0.39, 0.29) is 22.1 Å². The van der Waals surface area contributed by atoms with E-state index in [2.05, 4.69) is 15.4 Å². The number of rotatable bonds is 9. The van der Waals surface area contributed by atoms with Crippen LogP contribution in [0.4, 0.5) is 5.82 Å². The van der Waals surface area contributed by atoms with E-state index in [1.165, 1.54) is 12.4 Å². The van der Waals surface area contributed by atoms with Crippen LogP contribution in [0.25, 0.3) is 0 Å². The Hall–Kier alpha value is -4.67. The minimum Gasteiger partial charge on any atom is -0.488 e. The highest BCUT2D eigenvalue weighted by Gasteiger charge is 2.26. The summed E-state index contributed by atoms with van der Waals surface area (Å²) in [4.78, 5) is 32.7. The lowest BCUT2D eigenvalue weighted by molar-refractivity contribution is 0.00527. The molecule has 0 saturated carbocycles. The number of aromatic nitrogens is 2. The minimum absolute atomic E-state index is 0.0693. The molecule has 0 saturated heterocycles. The number of benzene rings is 2. The number of halogens is 1. The Labute approximate surface area is 268 Å². The average molecular weight is 635 g/mol. The molecule has 0 aliphatic rings. The molecule has 2 aromatic carbocycles. The summed E-state index contributed by atoms with van der Waals surface area (Å²) in [6.45, 7) is 11.4. The Morgan fingerprint density at radius 2 is 1.11 bits per heavy atom. The van der Waals surface area contributed by atoms with Crippen molar-refractivity contribution in [1.29, 1.82) is 0 Å². The highest BCUT2D eigenvalue weighted by atomic mass is 35.5. The lowest BCUT2D eigenvalue weighted by Gasteiger charge is -2.21. The van der Waals surface area contributed by atoms with Crippen molar-refractivity contribution in [1.82, 2.24) is 9.97 Å². The summed E-state index contributed by atoms with van der Waals surface area (Å²) in [5, 5.41) is 0.0693. The molecule has 0 spiro atoms. The lowest BCUT2D eigenvalue weighted by atomic mass is 10.1. The zero-order valence-electron chi connectivity index (χ0n) is 26.3. The van der Waals surface area contributed by atoms with Crippen LogP contribution in [0, 0.1) is 0 Å². The van der Waals surface area contributed by atoms with E-state index in [1.54, 1.807) is 53.7 Å². The van der Waals surface area contributed by atoms with Crippen LogP contribution in [0.15, 0.2) is 85.2 Å². The molecule has 3 N–H and O–H groups in total. The summed E-state index contributed by atoms with van der Waals surface area (Å²) in [5.74, 6) is 5.30. The van der Waals surface area contributed by atoms with Gasteiger partial charge in [-0.25, -0.2) is 25.4 Å². The van der Waals surface area contributed by atoms with Gasteiger partial charge >= 0.3 is 11.9 Å². The average Bonchev–Trinajstić information content (AvgIpc) is 2.98. The zero-order chi connectivity index (χ0) is 33.0. The SMILES string of the molecule is CC(C)(C)OC(=O)c1c(OCc2ccccc2)ccnc1Cl.CC(C)(C)OC(=O)c1c(OCc2ccccc2)ccnc1NN. The number of esters is 2. The summed E-state index contributed by atoms with van der Waals surface area (Å²) in [6, 6.07) is 22.5. The normalized spacial score (nSPS) is 11.0. The second kappa shape index (κ2) is 15.9. The van der Waals surface area contributed by atoms with Gasteiger partial charge in [0.05, 0.1) is 0 Å². The summed E-state index contributed by atoms with van der Waals surface area (Å²) in [7, 11) is 0. The van der Waals surface area contributed by atoms with Gasteiger partial charge in [0.2, 0.25) is 0 Å². The van der Waals surface area contributed by atoms with Gasteiger partial charge in [-0.2, -0.15) is 0 Å². The van der Waals surface area contributed by atoms with Crippen LogP contribution in [-0.4, -0.2) is 33.1 Å². The summed E-state index contributed by atoms with van der Waals surface area (Å²) >= 11 is 6.04. The van der Waals surface area contributed by atoms with Crippen molar-refractivity contribution in [3.05, 3.63) is 113 Å². The highest BCUT2D eigenvalue weighted by Crippen LogP contribution is 2.29. The largest absolute Gasteiger partial charge is 0.488 e. The summed E-state index contributed by atoms with van der Waals surface area (Å²) < 4.78 is 22.2. The van der Waals surface area contributed by atoms with Crippen LogP contribution < -0.4 is 20.7 Å². The van der Waals surface area contributed by atoms with Crippen LogP contribution in [-0.2, 0) is 22.7 Å². The first-order valence-corrected chi connectivity index (χ1v) is 14.6. The number of nitrogens with one attached hydrogen (secondary N) is 1.